The molecule has 1 aromatic carbocycles. The average Bonchev–Trinajstić information content (AvgIpc) is 2.48. The highest BCUT2D eigenvalue weighted by Gasteiger charge is 2.07. The van der Waals surface area contributed by atoms with E-state index in [0.717, 1.165) is 15.4 Å². The minimum atomic E-state index is 0.961. The maximum Gasteiger partial charge on any atom is 0.110 e. The fourth-order valence-corrected chi connectivity index (χ4v) is 2.85. The molecule has 0 bridgehead atoms. The van der Waals surface area contributed by atoms with Crippen LogP contribution in [0, 0.1) is 0 Å². The highest BCUT2D eigenvalue weighted by Crippen LogP contribution is 2.32. The van der Waals surface area contributed by atoms with Gasteiger partial charge in [-0.05, 0) is 47.5 Å². The van der Waals surface area contributed by atoms with Gasteiger partial charge >= 0.3 is 0 Å². The lowest BCUT2D eigenvalue weighted by molar-refractivity contribution is 1.11. The van der Waals surface area contributed by atoms with Crippen molar-refractivity contribution in [3.8, 4) is 0 Å². The lowest BCUT2D eigenvalue weighted by Gasteiger charge is -2.14. The molecule has 0 radical (unpaired) electrons. The summed E-state index contributed by atoms with van der Waals surface area (Å²) in [6, 6.07) is 14.4. The van der Waals surface area contributed by atoms with E-state index in [1.165, 1.54) is 11.1 Å². The van der Waals surface area contributed by atoms with Gasteiger partial charge in [-0.3, -0.25) is 0 Å². The SMILES string of the molecule is CN(C)c1ccc2ccnc(Sc3ccccn3)c2c1. The summed E-state index contributed by atoms with van der Waals surface area (Å²) in [5.41, 5.74) is 1.17. The van der Waals surface area contributed by atoms with E-state index in [1.54, 1.807) is 18.0 Å². The minimum Gasteiger partial charge on any atom is -0.378 e. The van der Waals surface area contributed by atoms with Crippen LogP contribution < -0.4 is 4.90 Å². The number of anilines is 1. The van der Waals surface area contributed by atoms with Crippen LogP contribution >= 0.6 is 11.8 Å². The first-order valence-electron chi connectivity index (χ1n) is 6.39. The Balaban J connectivity index is 2.08. The lowest BCUT2D eigenvalue weighted by Crippen LogP contribution is -2.08. The predicted molar refractivity (Wildman–Crippen MR) is 84.4 cm³/mol. The molecule has 0 aliphatic heterocycles. The number of hydrogen-bond donors (Lipinski definition) is 0. The third-order valence-corrected chi connectivity index (χ3v) is 4.04. The Morgan fingerprint density at radius 3 is 2.60 bits per heavy atom. The van der Waals surface area contributed by atoms with Crippen LogP contribution in [0.25, 0.3) is 10.8 Å². The molecule has 2 heterocycles. The molecule has 0 atom stereocenters. The van der Waals surface area contributed by atoms with Gasteiger partial charge in [-0.25, -0.2) is 9.97 Å². The molecule has 0 N–H and O–H groups in total. The molecule has 0 spiro atoms. The number of nitrogens with zero attached hydrogens (tertiary/aromatic N) is 3. The summed E-state index contributed by atoms with van der Waals surface area (Å²) in [5.74, 6) is 0. The summed E-state index contributed by atoms with van der Waals surface area (Å²) in [7, 11) is 4.09. The second-order valence-corrected chi connectivity index (χ2v) is 5.70. The molecule has 3 aromatic rings. The number of rotatable bonds is 3. The van der Waals surface area contributed by atoms with Crippen molar-refractivity contribution in [2.75, 3.05) is 19.0 Å². The van der Waals surface area contributed by atoms with Gasteiger partial charge in [-0.15, -0.1) is 0 Å². The molecule has 100 valence electrons. The Morgan fingerprint density at radius 1 is 0.950 bits per heavy atom. The number of hydrogen-bond acceptors (Lipinski definition) is 4. The first-order chi connectivity index (χ1) is 9.74. The largest absolute Gasteiger partial charge is 0.378 e. The molecule has 0 aliphatic carbocycles. The second-order valence-electron chi connectivity index (χ2n) is 4.69. The van der Waals surface area contributed by atoms with Gasteiger partial charge < -0.3 is 4.90 Å². The van der Waals surface area contributed by atoms with Gasteiger partial charge in [0.1, 0.15) is 10.1 Å². The van der Waals surface area contributed by atoms with Crippen molar-refractivity contribution in [2.45, 2.75) is 10.1 Å². The predicted octanol–water partition coefficient (Wildman–Crippen LogP) is 3.85. The Kier molecular flexibility index (Phi) is 3.56. The molecule has 4 heteroatoms. The summed E-state index contributed by atoms with van der Waals surface area (Å²) >= 11 is 1.60. The Labute approximate surface area is 122 Å². The van der Waals surface area contributed by atoms with Gasteiger partial charge in [-0.1, -0.05) is 12.1 Å². The second kappa shape index (κ2) is 5.51. The van der Waals surface area contributed by atoms with Crippen LogP contribution in [0.5, 0.6) is 0 Å². The van der Waals surface area contributed by atoms with Crippen molar-refractivity contribution in [1.29, 1.82) is 0 Å². The van der Waals surface area contributed by atoms with E-state index in [2.05, 4.69) is 33.1 Å². The van der Waals surface area contributed by atoms with Gasteiger partial charge in [0.05, 0.1) is 0 Å². The highest BCUT2D eigenvalue weighted by atomic mass is 32.2. The molecule has 0 fully saturated rings. The van der Waals surface area contributed by atoms with E-state index in [-0.39, 0.29) is 0 Å². The first-order valence-corrected chi connectivity index (χ1v) is 7.21. The zero-order valence-electron chi connectivity index (χ0n) is 11.4. The van der Waals surface area contributed by atoms with Gasteiger partial charge in [0.2, 0.25) is 0 Å². The van der Waals surface area contributed by atoms with E-state index in [9.17, 15) is 0 Å². The van der Waals surface area contributed by atoms with E-state index >= 15 is 0 Å². The van der Waals surface area contributed by atoms with Crippen LogP contribution in [0.4, 0.5) is 5.69 Å². The summed E-state index contributed by atoms with van der Waals surface area (Å²) in [6.45, 7) is 0. The highest BCUT2D eigenvalue weighted by molar-refractivity contribution is 7.99. The summed E-state index contributed by atoms with van der Waals surface area (Å²) in [6.07, 6.45) is 3.65. The summed E-state index contributed by atoms with van der Waals surface area (Å²) in [4.78, 5) is 11.0. The molecule has 0 unspecified atom stereocenters. The van der Waals surface area contributed by atoms with Crippen LogP contribution in [0.1, 0.15) is 0 Å². The summed E-state index contributed by atoms with van der Waals surface area (Å²) in [5, 5.41) is 4.31. The monoisotopic (exact) mass is 281 g/mol. The van der Waals surface area contributed by atoms with Crippen LogP contribution in [0.2, 0.25) is 0 Å². The smallest absolute Gasteiger partial charge is 0.110 e. The van der Waals surface area contributed by atoms with Crippen molar-refractivity contribution >= 4 is 28.2 Å². The van der Waals surface area contributed by atoms with E-state index in [4.69, 9.17) is 0 Å². The quantitative estimate of drug-likeness (QED) is 0.729. The van der Waals surface area contributed by atoms with Gasteiger partial charge in [0, 0.05) is 37.6 Å². The third-order valence-electron chi connectivity index (χ3n) is 3.07. The van der Waals surface area contributed by atoms with E-state index in [1.807, 2.05) is 44.6 Å². The van der Waals surface area contributed by atoms with E-state index in [0.29, 0.717) is 0 Å². The van der Waals surface area contributed by atoms with Gasteiger partial charge in [0.15, 0.2) is 0 Å². The Bertz CT molecular complexity index is 726. The molecule has 20 heavy (non-hydrogen) atoms. The summed E-state index contributed by atoms with van der Waals surface area (Å²) < 4.78 is 0. The molecular weight excluding hydrogens is 266 g/mol. The van der Waals surface area contributed by atoms with Crippen molar-refractivity contribution in [3.05, 3.63) is 54.9 Å². The maximum absolute atomic E-state index is 4.51. The molecule has 3 rings (SSSR count). The lowest BCUT2D eigenvalue weighted by atomic mass is 10.1. The van der Waals surface area contributed by atoms with Gasteiger partial charge in [-0.2, -0.15) is 0 Å². The zero-order valence-corrected chi connectivity index (χ0v) is 12.3. The normalized spacial score (nSPS) is 10.7. The van der Waals surface area contributed by atoms with Crippen LogP contribution in [-0.4, -0.2) is 24.1 Å². The Hall–Kier alpha value is -2.07. The van der Waals surface area contributed by atoms with Gasteiger partial charge in [0.25, 0.3) is 0 Å². The van der Waals surface area contributed by atoms with Crippen molar-refractivity contribution < 1.29 is 0 Å². The van der Waals surface area contributed by atoms with Crippen LogP contribution in [0.15, 0.2) is 64.9 Å². The standard InChI is InChI=1S/C16H15N3S/c1-19(2)13-7-6-12-8-10-18-16(14(12)11-13)20-15-5-3-4-9-17-15/h3-11H,1-2H3. The number of benzene rings is 1. The van der Waals surface area contributed by atoms with Crippen molar-refractivity contribution in [1.82, 2.24) is 9.97 Å². The van der Waals surface area contributed by atoms with Crippen LogP contribution in [-0.2, 0) is 0 Å². The molecule has 2 aromatic heterocycles. The minimum absolute atomic E-state index is 0.961. The topological polar surface area (TPSA) is 29.0 Å². The molecule has 3 nitrogen and oxygen atoms in total. The molecule has 0 aliphatic rings. The van der Waals surface area contributed by atoms with E-state index < -0.39 is 0 Å². The number of aromatic nitrogens is 2. The fourth-order valence-electron chi connectivity index (χ4n) is 2.00. The average molecular weight is 281 g/mol. The van der Waals surface area contributed by atoms with Crippen molar-refractivity contribution in [3.63, 3.8) is 0 Å². The molecule has 0 saturated carbocycles. The van der Waals surface area contributed by atoms with Crippen LogP contribution in [0.3, 0.4) is 0 Å². The fraction of sp³-hybridized carbons (Fsp3) is 0.125. The van der Waals surface area contributed by atoms with Crippen molar-refractivity contribution in [2.24, 2.45) is 0 Å². The third kappa shape index (κ3) is 2.60. The molecule has 0 amide bonds. The first kappa shape index (κ1) is 12.9. The number of pyridine rings is 2. The maximum atomic E-state index is 4.51. The number of fused-ring (bicyclic) bond motifs is 1. The molecule has 0 saturated heterocycles. The zero-order chi connectivity index (χ0) is 13.9. The Morgan fingerprint density at radius 2 is 1.85 bits per heavy atom. The molecular formula is C16H15N3S.